The minimum atomic E-state index is -0.500. The first-order valence-electron chi connectivity index (χ1n) is 9.74. The number of hydrogen-bond donors (Lipinski definition) is 3. The molecule has 3 rings (SSSR count). The summed E-state index contributed by atoms with van der Waals surface area (Å²) in [5.41, 5.74) is 1.89. The SMILES string of the molecule is O=C(CN1CCC(CCc2ccc(O)cc2)CC1)NC(=O)Nc1ccccc1. The number of carbonyl (C=O) groups is 2. The van der Waals surface area contributed by atoms with Gasteiger partial charge in [-0.2, -0.15) is 0 Å². The Morgan fingerprint density at radius 3 is 2.36 bits per heavy atom. The van der Waals surface area contributed by atoms with Crippen LogP contribution in [0.25, 0.3) is 0 Å². The average molecular weight is 381 g/mol. The maximum Gasteiger partial charge on any atom is 0.325 e. The minimum Gasteiger partial charge on any atom is -0.508 e. The molecule has 1 saturated heterocycles. The van der Waals surface area contributed by atoms with Gasteiger partial charge in [-0.25, -0.2) is 4.79 Å². The van der Waals surface area contributed by atoms with E-state index in [2.05, 4.69) is 15.5 Å². The number of amides is 3. The van der Waals surface area contributed by atoms with Crippen LogP contribution in [0, 0.1) is 5.92 Å². The molecule has 0 saturated carbocycles. The number of aryl methyl sites for hydroxylation is 1. The fraction of sp³-hybridized carbons (Fsp3) is 0.364. The van der Waals surface area contributed by atoms with E-state index in [1.807, 2.05) is 30.3 Å². The molecule has 2 aromatic carbocycles. The number of phenolic OH excluding ortho intramolecular Hbond substituents is 1. The number of nitrogens with zero attached hydrogens (tertiary/aromatic N) is 1. The predicted octanol–water partition coefficient (Wildman–Crippen LogP) is 3.39. The molecule has 0 radical (unpaired) electrons. The number of imide groups is 1. The van der Waals surface area contributed by atoms with Crippen molar-refractivity contribution in [1.29, 1.82) is 0 Å². The van der Waals surface area contributed by atoms with Crippen LogP contribution in [0.1, 0.15) is 24.8 Å². The fourth-order valence-electron chi connectivity index (χ4n) is 3.52. The van der Waals surface area contributed by atoms with Gasteiger partial charge in [0.2, 0.25) is 5.91 Å². The summed E-state index contributed by atoms with van der Waals surface area (Å²) in [6.45, 7) is 1.98. The molecule has 6 nitrogen and oxygen atoms in total. The summed E-state index contributed by atoms with van der Waals surface area (Å²) in [6, 6.07) is 15.9. The number of likely N-dealkylation sites (tertiary alicyclic amines) is 1. The van der Waals surface area contributed by atoms with Crippen molar-refractivity contribution >= 4 is 17.6 Å². The van der Waals surface area contributed by atoms with E-state index in [0.717, 1.165) is 38.8 Å². The van der Waals surface area contributed by atoms with Crippen molar-refractivity contribution in [2.75, 3.05) is 25.0 Å². The Kier molecular flexibility index (Phi) is 7.03. The number of hydrogen-bond acceptors (Lipinski definition) is 4. The van der Waals surface area contributed by atoms with E-state index in [-0.39, 0.29) is 12.5 Å². The lowest BCUT2D eigenvalue weighted by molar-refractivity contribution is -0.121. The van der Waals surface area contributed by atoms with Gasteiger partial charge in [-0.3, -0.25) is 15.0 Å². The molecule has 0 bridgehead atoms. The standard InChI is InChI=1S/C22H27N3O3/c26-20-10-8-17(9-11-20)6-7-18-12-14-25(15-13-18)16-21(27)24-22(28)23-19-4-2-1-3-5-19/h1-5,8-11,18,26H,6-7,12-16H2,(H2,23,24,27,28). The summed E-state index contributed by atoms with van der Waals surface area (Å²) in [5.74, 6) is 0.665. The highest BCUT2D eigenvalue weighted by atomic mass is 16.3. The number of piperidine rings is 1. The molecule has 6 heteroatoms. The molecule has 0 unspecified atom stereocenters. The third kappa shape index (κ3) is 6.39. The first kappa shape index (κ1) is 19.9. The molecule has 0 aliphatic carbocycles. The Labute approximate surface area is 165 Å². The summed E-state index contributed by atoms with van der Waals surface area (Å²) in [4.78, 5) is 26.1. The summed E-state index contributed by atoms with van der Waals surface area (Å²) in [5, 5.41) is 14.4. The third-order valence-corrected chi connectivity index (χ3v) is 5.14. The number of anilines is 1. The van der Waals surface area contributed by atoms with Crippen LogP contribution in [0.2, 0.25) is 0 Å². The van der Waals surface area contributed by atoms with Crippen LogP contribution >= 0.6 is 0 Å². The van der Waals surface area contributed by atoms with Crippen molar-refractivity contribution in [3.8, 4) is 5.75 Å². The zero-order valence-electron chi connectivity index (χ0n) is 15.9. The van der Waals surface area contributed by atoms with Crippen molar-refractivity contribution in [3.05, 3.63) is 60.2 Å². The number of phenols is 1. The number of urea groups is 1. The van der Waals surface area contributed by atoms with Gasteiger partial charge in [0.1, 0.15) is 5.75 Å². The van der Waals surface area contributed by atoms with Crippen LogP contribution in [0.5, 0.6) is 5.75 Å². The topological polar surface area (TPSA) is 81.7 Å². The molecule has 0 atom stereocenters. The van der Waals surface area contributed by atoms with Gasteiger partial charge in [0, 0.05) is 5.69 Å². The highest BCUT2D eigenvalue weighted by molar-refractivity contribution is 6.01. The number of benzene rings is 2. The summed E-state index contributed by atoms with van der Waals surface area (Å²) in [7, 11) is 0. The van der Waals surface area contributed by atoms with Crippen LogP contribution in [0.3, 0.4) is 0 Å². The number of rotatable bonds is 6. The van der Waals surface area contributed by atoms with E-state index in [4.69, 9.17) is 0 Å². The Morgan fingerprint density at radius 1 is 1.00 bits per heavy atom. The van der Waals surface area contributed by atoms with Gasteiger partial charge in [-0.1, -0.05) is 30.3 Å². The molecular formula is C22H27N3O3. The van der Waals surface area contributed by atoms with Crippen LogP contribution in [-0.2, 0) is 11.2 Å². The maximum atomic E-state index is 12.1. The molecule has 28 heavy (non-hydrogen) atoms. The van der Waals surface area contributed by atoms with Gasteiger partial charge in [0.25, 0.3) is 0 Å². The predicted molar refractivity (Wildman–Crippen MR) is 109 cm³/mol. The van der Waals surface area contributed by atoms with E-state index >= 15 is 0 Å². The summed E-state index contributed by atoms with van der Waals surface area (Å²) in [6.07, 6.45) is 4.23. The zero-order chi connectivity index (χ0) is 19.8. The molecule has 1 fully saturated rings. The van der Waals surface area contributed by atoms with Crippen molar-refractivity contribution in [1.82, 2.24) is 10.2 Å². The number of para-hydroxylation sites is 1. The number of aromatic hydroxyl groups is 1. The van der Waals surface area contributed by atoms with E-state index in [1.165, 1.54) is 5.56 Å². The highest BCUT2D eigenvalue weighted by Crippen LogP contribution is 2.23. The van der Waals surface area contributed by atoms with Crippen LogP contribution < -0.4 is 10.6 Å². The van der Waals surface area contributed by atoms with E-state index in [1.54, 1.807) is 24.3 Å². The lowest BCUT2D eigenvalue weighted by Gasteiger charge is -2.31. The average Bonchev–Trinajstić information content (AvgIpc) is 2.69. The minimum absolute atomic E-state index is 0.243. The molecule has 3 N–H and O–H groups in total. The van der Waals surface area contributed by atoms with Gasteiger partial charge >= 0.3 is 6.03 Å². The number of carbonyl (C=O) groups excluding carboxylic acids is 2. The van der Waals surface area contributed by atoms with Crippen molar-refractivity contribution < 1.29 is 14.7 Å². The van der Waals surface area contributed by atoms with Gasteiger partial charge in [0.15, 0.2) is 0 Å². The third-order valence-electron chi connectivity index (χ3n) is 5.14. The second kappa shape index (κ2) is 9.90. The Bertz CT molecular complexity index is 769. The molecule has 0 aromatic heterocycles. The molecule has 2 aromatic rings. The largest absolute Gasteiger partial charge is 0.508 e. The molecule has 1 heterocycles. The van der Waals surface area contributed by atoms with Gasteiger partial charge in [0.05, 0.1) is 6.54 Å². The fourth-order valence-corrected chi connectivity index (χ4v) is 3.52. The lowest BCUT2D eigenvalue weighted by atomic mass is 9.90. The summed E-state index contributed by atoms with van der Waals surface area (Å²) >= 11 is 0. The van der Waals surface area contributed by atoms with Crippen LogP contribution in [-0.4, -0.2) is 41.6 Å². The smallest absolute Gasteiger partial charge is 0.325 e. The first-order valence-corrected chi connectivity index (χ1v) is 9.74. The lowest BCUT2D eigenvalue weighted by Crippen LogP contribution is -2.44. The van der Waals surface area contributed by atoms with E-state index in [0.29, 0.717) is 17.4 Å². The molecule has 0 spiro atoms. The van der Waals surface area contributed by atoms with Crippen molar-refractivity contribution in [2.45, 2.75) is 25.7 Å². The maximum absolute atomic E-state index is 12.1. The zero-order valence-corrected chi connectivity index (χ0v) is 15.9. The molecule has 1 aliphatic rings. The van der Waals surface area contributed by atoms with Crippen molar-refractivity contribution in [3.63, 3.8) is 0 Å². The summed E-state index contributed by atoms with van der Waals surface area (Å²) < 4.78 is 0. The monoisotopic (exact) mass is 381 g/mol. The molecule has 3 amide bonds. The first-order chi connectivity index (χ1) is 13.6. The van der Waals surface area contributed by atoms with E-state index < -0.39 is 6.03 Å². The Balaban J connectivity index is 1.33. The van der Waals surface area contributed by atoms with Crippen LogP contribution in [0.4, 0.5) is 10.5 Å². The highest BCUT2D eigenvalue weighted by Gasteiger charge is 2.21. The second-order valence-corrected chi connectivity index (χ2v) is 7.29. The van der Waals surface area contributed by atoms with E-state index in [9.17, 15) is 14.7 Å². The quantitative estimate of drug-likeness (QED) is 0.716. The Morgan fingerprint density at radius 2 is 1.68 bits per heavy atom. The Hall–Kier alpha value is -2.86. The van der Waals surface area contributed by atoms with Gasteiger partial charge < -0.3 is 10.4 Å². The normalized spacial score (nSPS) is 15.1. The molecular weight excluding hydrogens is 354 g/mol. The molecule has 148 valence electrons. The van der Waals surface area contributed by atoms with Crippen molar-refractivity contribution in [2.24, 2.45) is 5.92 Å². The van der Waals surface area contributed by atoms with Crippen LogP contribution in [0.15, 0.2) is 54.6 Å². The molecule has 1 aliphatic heterocycles. The van der Waals surface area contributed by atoms with Gasteiger partial charge in [-0.05, 0) is 74.5 Å². The second-order valence-electron chi connectivity index (χ2n) is 7.29. The number of nitrogens with one attached hydrogen (secondary N) is 2. The van der Waals surface area contributed by atoms with Gasteiger partial charge in [-0.15, -0.1) is 0 Å².